The molecule has 3 rings (SSSR count). The second kappa shape index (κ2) is 5.16. The van der Waals surface area contributed by atoms with Crippen molar-refractivity contribution in [3.8, 4) is 0 Å². The van der Waals surface area contributed by atoms with Gasteiger partial charge in [-0.3, -0.25) is 10.1 Å². The topological polar surface area (TPSA) is 80.5 Å². The summed E-state index contributed by atoms with van der Waals surface area (Å²) in [4.78, 5) is 9.00. The minimum absolute atomic E-state index is 0.561. The van der Waals surface area contributed by atoms with Crippen molar-refractivity contribution in [1.82, 2.24) is 20.2 Å². The molecule has 0 bridgehead atoms. The smallest absolute Gasteiger partial charge is 0.151 e. The van der Waals surface area contributed by atoms with Gasteiger partial charge in [0.1, 0.15) is 5.82 Å². The van der Waals surface area contributed by atoms with Crippen LogP contribution in [0.1, 0.15) is 17.3 Å². The van der Waals surface area contributed by atoms with Gasteiger partial charge in [-0.25, -0.2) is 4.98 Å². The van der Waals surface area contributed by atoms with Crippen LogP contribution in [0, 0.1) is 0 Å². The maximum atomic E-state index is 5.48. The van der Waals surface area contributed by atoms with Crippen LogP contribution >= 0.6 is 0 Å². The molecule has 0 saturated carbocycles. The highest BCUT2D eigenvalue weighted by atomic mass is 15.2. The second-order valence-electron chi connectivity index (χ2n) is 4.41. The third-order valence-corrected chi connectivity index (χ3v) is 2.95. The highest BCUT2D eigenvalue weighted by Crippen LogP contribution is 2.13. The van der Waals surface area contributed by atoms with Gasteiger partial charge in [-0.2, -0.15) is 5.10 Å². The molecule has 0 aliphatic carbocycles. The molecule has 0 unspecified atom stereocenters. The van der Waals surface area contributed by atoms with Gasteiger partial charge in [0, 0.05) is 23.9 Å². The molecule has 0 aliphatic heterocycles. The van der Waals surface area contributed by atoms with Crippen molar-refractivity contribution in [1.29, 1.82) is 0 Å². The van der Waals surface area contributed by atoms with Crippen molar-refractivity contribution >= 4 is 10.9 Å². The molecule has 19 heavy (non-hydrogen) atoms. The van der Waals surface area contributed by atoms with Gasteiger partial charge in [0.25, 0.3) is 0 Å². The van der Waals surface area contributed by atoms with Crippen LogP contribution < -0.4 is 5.73 Å². The first-order valence-electron chi connectivity index (χ1n) is 6.30. The number of pyridine rings is 1. The van der Waals surface area contributed by atoms with E-state index in [0.29, 0.717) is 19.4 Å². The van der Waals surface area contributed by atoms with Crippen LogP contribution in [-0.2, 0) is 12.8 Å². The van der Waals surface area contributed by atoms with Gasteiger partial charge in [0.15, 0.2) is 5.82 Å². The number of nitrogens with zero attached hydrogens (tertiary/aromatic N) is 3. The van der Waals surface area contributed by atoms with Crippen molar-refractivity contribution in [3.05, 3.63) is 53.7 Å². The molecule has 0 spiro atoms. The van der Waals surface area contributed by atoms with Gasteiger partial charge < -0.3 is 5.73 Å². The Labute approximate surface area is 110 Å². The van der Waals surface area contributed by atoms with E-state index in [0.717, 1.165) is 28.2 Å². The number of hydrogen-bond acceptors (Lipinski definition) is 4. The van der Waals surface area contributed by atoms with E-state index in [-0.39, 0.29) is 0 Å². The maximum Gasteiger partial charge on any atom is 0.151 e. The Bertz CT molecular complexity index is 689. The van der Waals surface area contributed by atoms with Crippen LogP contribution in [0.3, 0.4) is 0 Å². The SMILES string of the molecule is NCCc1n[nH]c(Cc2ccc3ccccc3n2)n1. The van der Waals surface area contributed by atoms with E-state index in [9.17, 15) is 0 Å². The molecule has 3 N–H and O–H groups in total. The lowest BCUT2D eigenvalue weighted by molar-refractivity contribution is 0.874. The molecule has 0 saturated heterocycles. The van der Waals surface area contributed by atoms with Crippen molar-refractivity contribution in [2.75, 3.05) is 6.54 Å². The summed E-state index contributed by atoms with van der Waals surface area (Å²) in [6.45, 7) is 0.561. The normalized spacial score (nSPS) is 11.0. The molecule has 0 amide bonds. The Morgan fingerprint density at radius 2 is 1.95 bits per heavy atom. The summed E-state index contributed by atoms with van der Waals surface area (Å²) in [6, 6.07) is 12.2. The lowest BCUT2D eigenvalue weighted by Crippen LogP contribution is -2.04. The molecule has 1 aromatic carbocycles. The number of fused-ring (bicyclic) bond motifs is 1. The highest BCUT2D eigenvalue weighted by molar-refractivity contribution is 5.78. The number of aromatic nitrogens is 4. The average molecular weight is 253 g/mol. The number of nitrogens with two attached hydrogens (primary N) is 1. The van der Waals surface area contributed by atoms with Gasteiger partial charge in [-0.05, 0) is 18.7 Å². The van der Waals surface area contributed by atoms with E-state index in [4.69, 9.17) is 5.73 Å². The monoisotopic (exact) mass is 253 g/mol. The quantitative estimate of drug-likeness (QED) is 0.737. The Morgan fingerprint density at radius 1 is 1.05 bits per heavy atom. The summed E-state index contributed by atoms with van der Waals surface area (Å²) in [5.74, 6) is 1.59. The first-order chi connectivity index (χ1) is 9.35. The average Bonchev–Trinajstić information content (AvgIpc) is 2.86. The van der Waals surface area contributed by atoms with Crippen molar-refractivity contribution in [2.45, 2.75) is 12.8 Å². The summed E-state index contributed by atoms with van der Waals surface area (Å²) in [5.41, 5.74) is 7.46. The van der Waals surface area contributed by atoms with Crippen LogP contribution in [0.25, 0.3) is 10.9 Å². The zero-order valence-corrected chi connectivity index (χ0v) is 10.5. The van der Waals surface area contributed by atoms with Crippen LogP contribution in [-0.4, -0.2) is 26.7 Å². The molecule has 3 aromatic rings. The van der Waals surface area contributed by atoms with Crippen molar-refractivity contribution < 1.29 is 0 Å². The molecule has 96 valence electrons. The third-order valence-electron chi connectivity index (χ3n) is 2.95. The maximum absolute atomic E-state index is 5.48. The van der Waals surface area contributed by atoms with Gasteiger partial charge in [-0.1, -0.05) is 24.3 Å². The first kappa shape index (κ1) is 11.8. The molecule has 5 nitrogen and oxygen atoms in total. The van der Waals surface area contributed by atoms with E-state index in [2.05, 4.69) is 32.3 Å². The zero-order valence-electron chi connectivity index (χ0n) is 10.5. The Morgan fingerprint density at radius 3 is 2.84 bits per heavy atom. The van der Waals surface area contributed by atoms with E-state index in [1.807, 2.05) is 24.3 Å². The van der Waals surface area contributed by atoms with E-state index < -0.39 is 0 Å². The standard InChI is InChI=1S/C14H15N5/c15-8-7-13-17-14(19-18-13)9-11-6-5-10-3-1-2-4-12(10)16-11/h1-6H,7-9,15H2,(H,17,18,19). The fourth-order valence-electron chi connectivity index (χ4n) is 2.03. The van der Waals surface area contributed by atoms with Crippen molar-refractivity contribution in [2.24, 2.45) is 5.73 Å². The van der Waals surface area contributed by atoms with E-state index in [1.165, 1.54) is 0 Å². The summed E-state index contributed by atoms with van der Waals surface area (Å²) in [7, 11) is 0. The lowest BCUT2D eigenvalue weighted by Gasteiger charge is -2.00. The van der Waals surface area contributed by atoms with Crippen molar-refractivity contribution in [3.63, 3.8) is 0 Å². The van der Waals surface area contributed by atoms with Crippen LogP contribution in [0.5, 0.6) is 0 Å². The van der Waals surface area contributed by atoms with E-state index in [1.54, 1.807) is 0 Å². The highest BCUT2D eigenvalue weighted by Gasteiger charge is 2.05. The van der Waals surface area contributed by atoms with E-state index >= 15 is 0 Å². The molecule has 2 heterocycles. The van der Waals surface area contributed by atoms with Crippen LogP contribution in [0.2, 0.25) is 0 Å². The Hall–Kier alpha value is -2.27. The minimum atomic E-state index is 0.561. The first-order valence-corrected chi connectivity index (χ1v) is 6.30. The number of hydrogen-bond donors (Lipinski definition) is 2. The molecular formula is C14H15N5. The summed E-state index contributed by atoms with van der Waals surface area (Å²) in [5, 5.41) is 8.20. The molecule has 0 radical (unpaired) electrons. The van der Waals surface area contributed by atoms with Crippen LogP contribution in [0.15, 0.2) is 36.4 Å². The molecule has 0 fully saturated rings. The van der Waals surface area contributed by atoms with Gasteiger partial charge in [-0.15, -0.1) is 0 Å². The molecule has 2 aromatic heterocycles. The largest absolute Gasteiger partial charge is 0.330 e. The number of nitrogens with one attached hydrogen (secondary N) is 1. The number of para-hydroxylation sites is 1. The predicted octanol–water partition coefficient (Wildman–Crippen LogP) is 1.44. The number of rotatable bonds is 4. The molecule has 0 aliphatic rings. The fourth-order valence-corrected chi connectivity index (χ4v) is 2.03. The summed E-state index contributed by atoms with van der Waals surface area (Å²) >= 11 is 0. The second-order valence-corrected chi connectivity index (χ2v) is 4.41. The number of benzene rings is 1. The fraction of sp³-hybridized carbons (Fsp3) is 0.214. The lowest BCUT2D eigenvalue weighted by atomic mass is 10.2. The predicted molar refractivity (Wildman–Crippen MR) is 73.7 cm³/mol. The molecule has 0 atom stereocenters. The summed E-state index contributed by atoms with van der Waals surface area (Å²) < 4.78 is 0. The van der Waals surface area contributed by atoms with Crippen LogP contribution in [0.4, 0.5) is 0 Å². The number of H-pyrrole nitrogens is 1. The Balaban J connectivity index is 1.83. The summed E-state index contributed by atoms with van der Waals surface area (Å²) in [6.07, 6.45) is 1.35. The number of aromatic amines is 1. The zero-order chi connectivity index (χ0) is 13.1. The molecule has 5 heteroatoms. The molecular weight excluding hydrogens is 238 g/mol. The Kier molecular flexibility index (Phi) is 3.20. The van der Waals surface area contributed by atoms with Gasteiger partial charge in [0.05, 0.1) is 5.52 Å². The minimum Gasteiger partial charge on any atom is -0.330 e. The third kappa shape index (κ3) is 2.61. The van der Waals surface area contributed by atoms with Gasteiger partial charge in [0.2, 0.25) is 0 Å². The van der Waals surface area contributed by atoms with Gasteiger partial charge >= 0.3 is 0 Å².